The van der Waals surface area contributed by atoms with Gasteiger partial charge < -0.3 is 10.4 Å². The van der Waals surface area contributed by atoms with Crippen LogP contribution in [0.15, 0.2) is 12.2 Å². The van der Waals surface area contributed by atoms with E-state index in [4.69, 9.17) is 5.11 Å². The minimum absolute atomic E-state index is 0.271. The number of aliphatic hydroxyl groups excluding tert-OH is 1. The molecule has 80 valence electrons. The third-order valence-corrected chi connectivity index (χ3v) is 3.80. The number of rotatable bonds is 5. The van der Waals surface area contributed by atoms with Gasteiger partial charge in [-0.1, -0.05) is 19.1 Å². The van der Waals surface area contributed by atoms with Crippen molar-refractivity contribution in [2.75, 3.05) is 13.2 Å². The Morgan fingerprint density at radius 2 is 2.29 bits per heavy atom. The van der Waals surface area contributed by atoms with Crippen LogP contribution in [-0.2, 0) is 0 Å². The van der Waals surface area contributed by atoms with E-state index in [0.717, 1.165) is 30.7 Å². The summed E-state index contributed by atoms with van der Waals surface area (Å²) in [5.74, 6) is 2.51. The zero-order chi connectivity index (χ0) is 9.97. The molecule has 1 saturated carbocycles. The van der Waals surface area contributed by atoms with Crippen molar-refractivity contribution in [1.82, 2.24) is 5.32 Å². The van der Waals surface area contributed by atoms with Gasteiger partial charge in [-0.05, 0) is 43.6 Å². The standard InChI is InChI=1S/C12H21NO/c1-2-12(8-14)13-7-11-6-9-3-4-10(11)5-9/h3-4,9-14H,2,5-8H2,1H3/t9?,10?,11?,12-/m0/s1. The first-order valence-electron chi connectivity index (χ1n) is 5.86. The van der Waals surface area contributed by atoms with Gasteiger partial charge in [-0.15, -0.1) is 0 Å². The van der Waals surface area contributed by atoms with Crippen molar-refractivity contribution in [3.63, 3.8) is 0 Å². The smallest absolute Gasteiger partial charge is 0.0584 e. The van der Waals surface area contributed by atoms with Crippen LogP contribution in [0.3, 0.4) is 0 Å². The molecular formula is C12H21NO. The van der Waals surface area contributed by atoms with Gasteiger partial charge in [0, 0.05) is 6.04 Å². The summed E-state index contributed by atoms with van der Waals surface area (Å²) >= 11 is 0. The number of hydrogen-bond donors (Lipinski definition) is 2. The first-order valence-corrected chi connectivity index (χ1v) is 5.86. The molecule has 14 heavy (non-hydrogen) atoms. The molecule has 0 aromatic heterocycles. The van der Waals surface area contributed by atoms with Crippen molar-refractivity contribution < 1.29 is 5.11 Å². The maximum absolute atomic E-state index is 9.06. The van der Waals surface area contributed by atoms with E-state index in [1.165, 1.54) is 12.8 Å². The van der Waals surface area contributed by atoms with Crippen LogP contribution in [0.2, 0.25) is 0 Å². The van der Waals surface area contributed by atoms with E-state index in [2.05, 4.69) is 24.4 Å². The lowest BCUT2D eigenvalue weighted by Crippen LogP contribution is -2.36. The van der Waals surface area contributed by atoms with E-state index < -0.39 is 0 Å². The van der Waals surface area contributed by atoms with Crippen molar-refractivity contribution in [3.05, 3.63) is 12.2 Å². The molecule has 4 atom stereocenters. The van der Waals surface area contributed by atoms with E-state index >= 15 is 0 Å². The Labute approximate surface area is 86.4 Å². The van der Waals surface area contributed by atoms with Crippen molar-refractivity contribution in [2.24, 2.45) is 17.8 Å². The van der Waals surface area contributed by atoms with E-state index in [0.29, 0.717) is 6.04 Å². The molecule has 3 unspecified atom stereocenters. The first kappa shape index (κ1) is 10.2. The lowest BCUT2D eigenvalue weighted by atomic mass is 9.93. The summed E-state index contributed by atoms with van der Waals surface area (Å²) in [5, 5.41) is 12.5. The molecule has 0 saturated heterocycles. The Hall–Kier alpha value is -0.340. The van der Waals surface area contributed by atoms with Crippen LogP contribution in [0, 0.1) is 17.8 Å². The third kappa shape index (κ3) is 2.01. The van der Waals surface area contributed by atoms with E-state index in [1.807, 2.05) is 0 Å². The van der Waals surface area contributed by atoms with Gasteiger partial charge in [0.25, 0.3) is 0 Å². The molecule has 0 aromatic rings. The monoisotopic (exact) mass is 195 g/mol. The second kappa shape index (κ2) is 4.45. The normalized spacial score (nSPS) is 36.6. The lowest BCUT2D eigenvalue weighted by Gasteiger charge is -2.22. The summed E-state index contributed by atoms with van der Waals surface area (Å²) in [6.45, 7) is 3.48. The average molecular weight is 195 g/mol. The molecule has 2 aliphatic rings. The molecule has 2 N–H and O–H groups in total. The molecule has 1 fully saturated rings. The Balaban J connectivity index is 1.74. The third-order valence-electron chi connectivity index (χ3n) is 3.80. The zero-order valence-corrected chi connectivity index (χ0v) is 8.95. The minimum atomic E-state index is 0.271. The van der Waals surface area contributed by atoms with Crippen LogP contribution < -0.4 is 5.32 Å². The molecule has 0 amide bonds. The molecule has 2 nitrogen and oxygen atoms in total. The van der Waals surface area contributed by atoms with Gasteiger partial charge in [-0.3, -0.25) is 0 Å². The number of fused-ring (bicyclic) bond motifs is 2. The van der Waals surface area contributed by atoms with Crippen molar-refractivity contribution in [3.8, 4) is 0 Å². The van der Waals surface area contributed by atoms with Crippen LogP contribution in [0.4, 0.5) is 0 Å². The number of allylic oxidation sites excluding steroid dienone is 2. The summed E-state index contributed by atoms with van der Waals surface area (Å²) in [5.41, 5.74) is 0. The topological polar surface area (TPSA) is 32.3 Å². The van der Waals surface area contributed by atoms with Crippen molar-refractivity contribution in [1.29, 1.82) is 0 Å². The van der Waals surface area contributed by atoms with Gasteiger partial charge in [0.1, 0.15) is 0 Å². The van der Waals surface area contributed by atoms with Crippen LogP contribution >= 0.6 is 0 Å². The molecule has 0 aromatic carbocycles. The van der Waals surface area contributed by atoms with E-state index in [-0.39, 0.29) is 6.61 Å². The molecule has 2 rings (SSSR count). The van der Waals surface area contributed by atoms with Gasteiger partial charge in [0.05, 0.1) is 6.61 Å². The molecule has 2 aliphatic carbocycles. The Morgan fingerprint density at radius 3 is 2.79 bits per heavy atom. The van der Waals surface area contributed by atoms with Crippen LogP contribution in [0.25, 0.3) is 0 Å². The van der Waals surface area contributed by atoms with Gasteiger partial charge in [-0.2, -0.15) is 0 Å². The number of aliphatic hydroxyl groups is 1. The first-order chi connectivity index (χ1) is 6.83. The minimum Gasteiger partial charge on any atom is -0.395 e. The summed E-state index contributed by atoms with van der Waals surface area (Å²) in [6.07, 6.45) is 8.52. The fourth-order valence-corrected chi connectivity index (χ4v) is 2.79. The summed E-state index contributed by atoms with van der Waals surface area (Å²) in [6, 6.07) is 0.304. The van der Waals surface area contributed by atoms with Crippen LogP contribution in [-0.4, -0.2) is 24.3 Å². The molecule has 0 radical (unpaired) electrons. The van der Waals surface area contributed by atoms with Gasteiger partial charge in [0.2, 0.25) is 0 Å². The maximum atomic E-state index is 9.06. The largest absolute Gasteiger partial charge is 0.395 e. The Morgan fingerprint density at radius 1 is 1.43 bits per heavy atom. The highest BCUT2D eigenvalue weighted by Gasteiger charge is 2.35. The fraction of sp³-hybridized carbons (Fsp3) is 0.833. The van der Waals surface area contributed by atoms with Gasteiger partial charge >= 0.3 is 0 Å². The number of nitrogens with one attached hydrogen (secondary N) is 1. The molecule has 2 heteroatoms. The Kier molecular flexibility index (Phi) is 3.24. The summed E-state index contributed by atoms with van der Waals surface area (Å²) in [7, 11) is 0. The molecule has 0 spiro atoms. The van der Waals surface area contributed by atoms with E-state index in [1.54, 1.807) is 0 Å². The predicted molar refractivity (Wildman–Crippen MR) is 58.0 cm³/mol. The fourth-order valence-electron chi connectivity index (χ4n) is 2.79. The molecule has 2 bridgehead atoms. The van der Waals surface area contributed by atoms with Crippen LogP contribution in [0.5, 0.6) is 0 Å². The predicted octanol–water partition coefficient (Wildman–Crippen LogP) is 1.56. The second-order valence-corrected chi connectivity index (χ2v) is 4.74. The highest BCUT2D eigenvalue weighted by molar-refractivity contribution is 5.10. The molecule has 0 heterocycles. The molecular weight excluding hydrogens is 174 g/mol. The maximum Gasteiger partial charge on any atom is 0.0584 e. The highest BCUT2D eigenvalue weighted by Crippen LogP contribution is 2.42. The van der Waals surface area contributed by atoms with Gasteiger partial charge in [0.15, 0.2) is 0 Å². The average Bonchev–Trinajstić information content (AvgIpc) is 2.80. The summed E-state index contributed by atoms with van der Waals surface area (Å²) < 4.78 is 0. The lowest BCUT2D eigenvalue weighted by molar-refractivity contribution is 0.230. The molecule has 0 aliphatic heterocycles. The van der Waals surface area contributed by atoms with Crippen LogP contribution in [0.1, 0.15) is 26.2 Å². The zero-order valence-electron chi connectivity index (χ0n) is 8.95. The highest BCUT2D eigenvalue weighted by atomic mass is 16.3. The summed E-state index contributed by atoms with van der Waals surface area (Å²) in [4.78, 5) is 0. The second-order valence-electron chi connectivity index (χ2n) is 4.74. The van der Waals surface area contributed by atoms with Gasteiger partial charge in [-0.25, -0.2) is 0 Å². The Bertz CT molecular complexity index is 210. The SMILES string of the molecule is CC[C@@H](CO)NCC1CC2C=CC1C2. The quantitative estimate of drug-likeness (QED) is 0.652. The van der Waals surface area contributed by atoms with E-state index in [9.17, 15) is 0 Å². The van der Waals surface area contributed by atoms with Crippen molar-refractivity contribution >= 4 is 0 Å². The number of hydrogen-bond acceptors (Lipinski definition) is 2. The van der Waals surface area contributed by atoms with Crippen molar-refractivity contribution in [2.45, 2.75) is 32.2 Å².